The zero-order chi connectivity index (χ0) is 38.7. The van der Waals surface area contributed by atoms with E-state index in [9.17, 15) is 33.6 Å². The second kappa shape index (κ2) is 19.0. The highest BCUT2D eigenvalue weighted by molar-refractivity contribution is 5.97. The van der Waals surface area contributed by atoms with Crippen LogP contribution in [0.25, 0.3) is 10.9 Å². The van der Waals surface area contributed by atoms with E-state index in [2.05, 4.69) is 42.2 Å². The Hall–Kier alpha value is -4.95. The first-order chi connectivity index (χ1) is 24.5. The van der Waals surface area contributed by atoms with Gasteiger partial charge in [-0.25, -0.2) is 0 Å². The van der Waals surface area contributed by atoms with Gasteiger partial charge in [0, 0.05) is 36.5 Å². The number of hydrogen-bond acceptors (Lipinski definition) is 7. The van der Waals surface area contributed by atoms with Crippen molar-refractivity contribution in [2.24, 2.45) is 17.8 Å². The van der Waals surface area contributed by atoms with Crippen LogP contribution >= 0.6 is 0 Å². The minimum atomic E-state index is -1.09. The van der Waals surface area contributed by atoms with Crippen molar-refractivity contribution in [1.82, 2.24) is 42.2 Å². The molecule has 2 aromatic rings. The van der Waals surface area contributed by atoms with E-state index in [0.717, 1.165) is 16.5 Å². The molecular formula is C37H56N8O7. The summed E-state index contributed by atoms with van der Waals surface area (Å²) in [5.74, 6) is -5.03. The molecule has 0 unspecified atom stereocenters. The smallest absolute Gasteiger partial charge is 0.243 e. The lowest BCUT2D eigenvalue weighted by atomic mass is 9.95. The minimum Gasteiger partial charge on any atom is -0.361 e. The zero-order valence-corrected chi connectivity index (χ0v) is 31.5. The molecule has 7 atom stereocenters. The summed E-state index contributed by atoms with van der Waals surface area (Å²) >= 11 is 0. The molecule has 0 radical (unpaired) electrons. The van der Waals surface area contributed by atoms with Crippen LogP contribution in [0.1, 0.15) is 80.2 Å². The number of fused-ring (bicyclic) bond motifs is 1. The highest BCUT2D eigenvalue weighted by Gasteiger charge is 2.35. The molecule has 0 aliphatic carbocycles. The average molecular weight is 725 g/mol. The predicted octanol–water partition coefficient (Wildman–Crippen LogP) is 0.927. The van der Waals surface area contributed by atoms with E-state index >= 15 is 0 Å². The number of amides is 7. The van der Waals surface area contributed by atoms with Gasteiger partial charge < -0.3 is 42.2 Å². The fourth-order valence-corrected chi connectivity index (χ4v) is 5.89. The summed E-state index contributed by atoms with van der Waals surface area (Å²) < 4.78 is 0. The summed E-state index contributed by atoms with van der Waals surface area (Å²) in [4.78, 5) is 96.9. The highest BCUT2D eigenvalue weighted by Crippen LogP contribution is 2.19. The first-order valence-corrected chi connectivity index (χ1v) is 18.2. The molecule has 15 heteroatoms. The summed E-state index contributed by atoms with van der Waals surface area (Å²) in [6, 6.07) is 1.33. The predicted molar refractivity (Wildman–Crippen MR) is 196 cm³/mol. The number of hydrogen-bond donors (Lipinski definition) is 8. The molecule has 52 heavy (non-hydrogen) atoms. The second-order valence-corrected chi connectivity index (χ2v) is 14.4. The Kier molecular flexibility index (Phi) is 15.2. The lowest BCUT2D eigenvalue weighted by Gasteiger charge is -2.31. The van der Waals surface area contributed by atoms with Crippen molar-refractivity contribution < 1.29 is 33.6 Å². The number of carbonyl (C=O) groups excluding carboxylic acids is 7. The monoisotopic (exact) mass is 724 g/mol. The van der Waals surface area contributed by atoms with E-state index in [1.807, 2.05) is 31.2 Å². The van der Waals surface area contributed by atoms with Crippen molar-refractivity contribution in [2.45, 2.75) is 117 Å². The summed E-state index contributed by atoms with van der Waals surface area (Å²) in [5.41, 5.74) is 1.66. The molecule has 1 aromatic carbocycles. The fraction of sp³-hybridized carbons (Fsp3) is 0.595. The molecule has 7 amide bonds. The third-order valence-electron chi connectivity index (χ3n) is 9.42. The largest absolute Gasteiger partial charge is 0.361 e. The van der Waals surface area contributed by atoms with Crippen LogP contribution in [0.5, 0.6) is 0 Å². The second-order valence-electron chi connectivity index (χ2n) is 14.4. The van der Waals surface area contributed by atoms with E-state index in [4.69, 9.17) is 0 Å². The SMILES string of the molecule is CC[C@@H](C)[C@@H]1NC(=O)[C@@H](C(C)C)NC(=O)[C@@H](C)NC(=O)CCCNC(=O)[C@@H](Cc2c[nH]c3ccccc23)NC(=O)[C@@H](C)NC(=O)[C@@H](C(C)C)NC1=O. The molecule has 286 valence electrons. The van der Waals surface area contributed by atoms with Gasteiger partial charge in [-0.2, -0.15) is 0 Å². The van der Waals surface area contributed by atoms with Crippen molar-refractivity contribution in [3.8, 4) is 0 Å². The number of para-hydroxylation sites is 1. The van der Waals surface area contributed by atoms with Gasteiger partial charge in [0.15, 0.2) is 0 Å². The zero-order valence-electron chi connectivity index (χ0n) is 31.5. The van der Waals surface area contributed by atoms with Crippen LogP contribution in [0, 0.1) is 17.8 Å². The van der Waals surface area contributed by atoms with Crippen LogP contribution in [-0.2, 0) is 40.0 Å². The van der Waals surface area contributed by atoms with Crippen LogP contribution in [0.2, 0.25) is 0 Å². The Labute approximate surface area is 305 Å². The maximum Gasteiger partial charge on any atom is 0.243 e. The van der Waals surface area contributed by atoms with E-state index in [0.29, 0.717) is 6.42 Å². The van der Waals surface area contributed by atoms with Gasteiger partial charge in [0.05, 0.1) is 0 Å². The summed E-state index contributed by atoms with van der Waals surface area (Å²) in [5, 5.41) is 20.0. The van der Waals surface area contributed by atoms with Crippen LogP contribution in [-0.4, -0.2) is 89.1 Å². The molecule has 0 saturated carbocycles. The molecule has 0 spiro atoms. The minimum absolute atomic E-state index is 0.00273. The quantitative estimate of drug-likeness (QED) is 0.215. The topological polar surface area (TPSA) is 219 Å². The van der Waals surface area contributed by atoms with Crippen molar-refractivity contribution in [3.63, 3.8) is 0 Å². The third-order valence-corrected chi connectivity index (χ3v) is 9.42. The Balaban J connectivity index is 1.93. The van der Waals surface area contributed by atoms with Gasteiger partial charge in [-0.05, 0) is 49.7 Å². The fourth-order valence-electron chi connectivity index (χ4n) is 5.89. The Morgan fingerprint density at radius 2 is 1.19 bits per heavy atom. The molecule has 1 aliphatic rings. The van der Waals surface area contributed by atoms with E-state index in [1.165, 1.54) is 13.8 Å². The Bertz CT molecular complexity index is 1610. The Morgan fingerprint density at radius 3 is 1.83 bits per heavy atom. The molecule has 3 rings (SSSR count). The molecule has 1 saturated heterocycles. The normalized spacial score (nSPS) is 26.1. The lowest BCUT2D eigenvalue weighted by Crippen LogP contribution is -2.61. The number of H-pyrrole nitrogens is 1. The van der Waals surface area contributed by atoms with E-state index < -0.39 is 83.5 Å². The number of rotatable bonds is 6. The average Bonchev–Trinajstić information content (AvgIpc) is 3.50. The van der Waals surface area contributed by atoms with Crippen molar-refractivity contribution in [3.05, 3.63) is 36.0 Å². The number of carbonyl (C=O) groups is 7. The molecular weight excluding hydrogens is 668 g/mol. The molecule has 0 bridgehead atoms. The molecule has 2 heterocycles. The standard InChI is InChI=1S/C37H56N8O7/c1-9-21(6)31-37(52)44-29(19(2)3)35(50)41-23(8)32(47)42-27(17-24-18-39-26-14-11-10-13-25(24)26)34(49)38-16-12-15-28(46)40-22(7)33(48)43-30(20(4)5)36(51)45-31/h10-11,13-14,18-23,27,29-31,39H,9,12,15-17H2,1-8H3,(H,38,49)(H,40,46)(H,41,50)(H,42,47)(H,43,48)(H,44,52)(H,45,51)/t21-,22-,23-,27-,29-,30-,31+/m1/s1. The first kappa shape index (κ1) is 41.5. The molecule has 8 N–H and O–H groups in total. The van der Waals surface area contributed by atoms with Gasteiger partial charge >= 0.3 is 0 Å². The van der Waals surface area contributed by atoms with E-state index in [-0.39, 0.29) is 37.6 Å². The number of aromatic nitrogens is 1. The van der Waals surface area contributed by atoms with Crippen LogP contribution in [0.3, 0.4) is 0 Å². The number of nitrogens with one attached hydrogen (secondary N) is 8. The first-order valence-electron chi connectivity index (χ1n) is 18.2. The lowest BCUT2D eigenvalue weighted by molar-refractivity contribution is -0.136. The van der Waals surface area contributed by atoms with E-state index in [1.54, 1.807) is 40.8 Å². The molecule has 15 nitrogen and oxygen atoms in total. The van der Waals surface area contributed by atoms with Crippen LogP contribution < -0.4 is 37.2 Å². The summed E-state index contributed by atoms with van der Waals surface area (Å²) in [7, 11) is 0. The Morgan fingerprint density at radius 1 is 0.654 bits per heavy atom. The van der Waals surface area contributed by atoms with Crippen molar-refractivity contribution >= 4 is 52.3 Å². The maximum absolute atomic E-state index is 13.7. The highest BCUT2D eigenvalue weighted by atomic mass is 16.2. The summed E-state index contributed by atoms with van der Waals surface area (Å²) in [6.07, 6.45) is 2.67. The van der Waals surface area contributed by atoms with Gasteiger partial charge in [-0.3, -0.25) is 33.6 Å². The van der Waals surface area contributed by atoms with Crippen LogP contribution in [0.4, 0.5) is 0 Å². The van der Waals surface area contributed by atoms with Crippen molar-refractivity contribution in [1.29, 1.82) is 0 Å². The number of aromatic amines is 1. The van der Waals surface area contributed by atoms with Crippen molar-refractivity contribution in [2.75, 3.05) is 6.54 Å². The van der Waals surface area contributed by atoms with Gasteiger partial charge in [-0.15, -0.1) is 0 Å². The maximum atomic E-state index is 13.7. The molecule has 1 fully saturated rings. The van der Waals surface area contributed by atoms with Gasteiger partial charge in [-0.1, -0.05) is 66.2 Å². The summed E-state index contributed by atoms with van der Waals surface area (Å²) in [6.45, 7) is 13.7. The van der Waals surface area contributed by atoms with Gasteiger partial charge in [0.25, 0.3) is 0 Å². The van der Waals surface area contributed by atoms with Crippen LogP contribution in [0.15, 0.2) is 30.5 Å². The number of benzene rings is 1. The third kappa shape index (κ3) is 11.3. The molecule has 1 aromatic heterocycles. The van der Waals surface area contributed by atoms with Gasteiger partial charge in [0.2, 0.25) is 41.4 Å². The molecule has 1 aliphatic heterocycles. The van der Waals surface area contributed by atoms with Gasteiger partial charge in [0.1, 0.15) is 36.3 Å².